The first-order chi connectivity index (χ1) is 16.6. The Kier molecular flexibility index (Phi) is 6.18. The molecule has 0 atom stereocenters. The Morgan fingerprint density at radius 3 is 2.65 bits per heavy atom. The number of rotatable bonds is 6. The van der Waals surface area contributed by atoms with Crippen molar-refractivity contribution < 1.29 is 18.6 Å². The van der Waals surface area contributed by atoms with Crippen LogP contribution < -0.4 is 19.8 Å². The molecule has 0 unspecified atom stereocenters. The number of methoxy groups -OCH3 is 2. The number of halogens is 1. The van der Waals surface area contributed by atoms with E-state index in [-0.39, 0.29) is 0 Å². The fourth-order valence-corrected chi connectivity index (χ4v) is 4.50. The SMILES string of the molecule is COc1ccc(-c2cc3ccc4c(c3oc2=O)CN(CCc2ccccc2Cl)CO4)c(OC)c1. The normalized spacial score (nSPS) is 13.4. The zero-order valence-corrected chi connectivity index (χ0v) is 19.7. The van der Waals surface area contributed by atoms with E-state index in [1.54, 1.807) is 32.4 Å². The van der Waals surface area contributed by atoms with Gasteiger partial charge in [0.05, 0.1) is 25.3 Å². The maximum absolute atomic E-state index is 13.0. The van der Waals surface area contributed by atoms with Crippen LogP contribution in [0.5, 0.6) is 17.2 Å². The van der Waals surface area contributed by atoms with Crippen molar-refractivity contribution in [3.05, 3.63) is 87.2 Å². The summed E-state index contributed by atoms with van der Waals surface area (Å²) in [6.07, 6.45) is 0.800. The highest BCUT2D eigenvalue weighted by molar-refractivity contribution is 6.31. The first-order valence-corrected chi connectivity index (χ1v) is 11.4. The minimum absolute atomic E-state index is 0.430. The first-order valence-electron chi connectivity index (χ1n) is 11.0. The Morgan fingerprint density at radius 2 is 1.85 bits per heavy atom. The molecule has 1 aromatic heterocycles. The van der Waals surface area contributed by atoms with Crippen LogP contribution in [-0.4, -0.2) is 32.4 Å². The van der Waals surface area contributed by atoms with Crippen LogP contribution in [0.25, 0.3) is 22.1 Å². The molecule has 1 aliphatic rings. The summed E-state index contributed by atoms with van der Waals surface area (Å²) in [5, 5.41) is 1.58. The highest BCUT2D eigenvalue weighted by Crippen LogP contribution is 2.36. The quantitative estimate of drug-likeness (QED) is 0.340. The molecule has 7 heteroatoms. The van der Waals surface area contributed by atoms with Gasteiger partial charge in [-0.15, -0.1) is 0 Å². The topological polar surface area (TPSA) is 61.1 Å². The van der Waals surface area contributed by atoms with E-state index in [1.807, 2.05) is 42.5 Å². The fourth-order valence-electron chi connectivity index (χ4n) is 4.27. The van der Waals surface area contributed by atoms with Crippen LogP contribution in [0.4, 0.5) is 0 Å². The van der Waals surface area contributed by atoms with Crippen molar-refractivity contribution in [2.24, 2.45) is 0 Å². The molecule has 5 rings (SSSR count). The molecule has 0 saturated carbocycles. The predicted molar refractivity (Wildman–Crippen MR) is 132 cm³/mol. The van der Waals surface area contributed by atoms with Gasteiger partial charge in [-0.1, -0.05) is 29.8 Å². The van der Waals surface area contributed by atoms with Crippen molar-refractivity contribution in [2.45, 2.75) is 13.0 Å². The second-order valence-electron chi connectivity index (χ2n) is 8.14. The summed E-state index contributed by atoms with van der Waals surface area (Å²) in [6, 6.07) is 18.9. The number of benzene rings is 3. The lowest BCUT2D eigenvalue weighted by molar-refractivity contribution is 0.0968. The molecule has 0 fully saturated rings. The molecular formula is C27H24ClNO5. The van der Waals surface area contributed by atoms with E-state index in [9.17, 15) is 4.79 Å². The second kappa shape index (κ2) is 9.41. The lowest BCUT2D eigenvalue weighted by Crippen LogP contribution is -2.33. The zero-order valence-electron chi connectivity index (χ0n) is 19.0. The lowest BCUT2D eigenvalue weighted by atomic mass is 10.0. The molecule has 1 aliphatic heterocycles. The minimum Gasteiger partial charge on any atom is -0.497 e. The van der Waals surface area contributed by atoms with Gasteiger partial charge in [0.25, 0.3) is 0 Å². The van der Waals surface area contributed by atoms with Crippen molar-refractivity contribution in [3.8, 4) is 28.4 Å². The highest BCUT2D eigenvalue weighted by Gasteiger charge is 2.23. The maximum Gasteiger partial charge on any atom is 0.344 e. The van der Waals surface area contributed by atoms with Gasteiger partial charge in [-0.05, 0) is 48.4 Å². The van der Waals surface area contributed by atoms with E-state index in [1.165, 1.54) is 0 Å². The molecule has 2 heterocycles. The van der Waals surface area contributed by atoms with E-state index in [0.29, 0.717) is 41.5 Å². The Bertz CT molecular complexity index is 1410. The van der Waals surface area contributed by atoms with Gasteiger partial charge < -0.3 is 18.6 Å². The second-order valence-corrected chi connectivity index (χ2v) is 8.55. The van der Waals surface area contributed by atoms with Gasteiger partial charge in [-0.25, -0.2) is 4.79 Å². The van der Waals surface area contributed by atoms with E-state index in [4.69, 9.17) is 30.2 Å². The molecule has 4 aromatic rings. The van der Waals surface area contributed by atoms with Crippen LogP contribution in [0.2, 0.25) is 5.02 Å². The number of ether oxygens (including phenoxy) is 3. The summed E-state index contributed by atoms with van der Waals surface area (Å²) >= 11 is 6.31. The van der Waals surface area contributed by atoms with Gasteiger partial charge in [0.2, 0.25) is 0 Å². The summed E-state index contributed by atoms with van der Waals surface area (Å²) in [5.74, 6) is 1.92. The van der Waals surface area contributed by atoms with Gasteiger partial charge in [-0.2, -0.15) is 0 Å². The summed E-state index contributed by atoms with van der Waals surface area (Å²) in [5.41, 5.74) is 3.15. The predicted octanol–water partition coefficient (Wildman–Crippen LogP) is 5.53. The van der Waals surface area contributed by atoms with E-state index in [2.05, 4.69) is 4.90 Å². The molecule has 0 aliphatic carbocycles. The highest BCUT2D eigenvalue weighted by atomic mass is 35.5. The molecule has 0 bridgehead atoms. The molecule has 0 spiro atoms. The summed E-state index contributed by atoms with van der Waals surface area (Å²) < 4.78 is 22.6. The Balaban J connectivity index is 1.47. The molecule has 6 nitrogen and oxygen atoms in total. The van der Waals surface area contributed by atoms with E-state index >= 15 is 0 Å². The Labute approximate surface area is 202 Å². The molecular weight excluding hydrogens is 454 g/mol. The number of hydrogen-bond donors (Lipinski definition) is 0. The molecule has 3 aromatic carbocycles. The van der Waals surface area contributed by atoms with Crippen LogP contribution in [0, 0.1) is 0 Å². The third kappa shape index (κ3) is 4.22. The van der Waals surface area contributed by atoms with Crippen molar-refractivity contribution in [1.29, 1.82) is 0 Å². The first kappa shape index (κ1) is 22.3. The average molecular weight is 478 g/mol. The van der Waals surface area contributed by atoms with Gasteiger partial charge >= 0.3 is 5.63 Å². The largest absolute Gasteiger partial charge is 0.497 e. The number of fused-ring (bicyclic) bond motifs is 3. The van der Waals surface area contributed by atoms with E-state index in [0.717, 1.165) is 40.3 Å². The van der Waals surface area contributed by atoms with Crippen LogP contribution in [0.15, 0.2) is 69.9 Å². The molecule has 34 heavy (non-hydrogen) atoms. The molecule has 0 amide bonds. The molecule has 0 saturated heterocycles. The average Bonchev–Trinajstić information content (AvgIpc) is 2.87. The van der Waals surface area contributed by atoms with Gasteiger partial charge in [-0.3, -0.25) is 4.90 Å². The maximum atomic E-state index is 13.0. The Morgan fingerprint density at radius 1 is 1.00 bits per heavy atom. The Hall–Kier alpha value is -3.48. The van der Waals surface area contributed by atoms with Crippen LogP contribution in [-0.2, 0) is 13.0 Å². The fraction of sp³-hybridized carbons (Fsp3) is 0.222. The van der Waals surface area contributed by atoms with Crippen LogP contribution in [0.3, 0.4) is 0 Å². The van der Waals surface area contributed by atoms with Crippen molar-refractivity contribution >= 4 is 22.6 Å². The minimum atomic E-state index is -0.433. The van der Waals surface area contributed by atoms with Crippen molar-refractivity contribution in [2.75, 3.05) is 27.5 Å². The number of nitrogens with zero attached hydrogens (tertiary/aromatic N) is 1. The molecule has 0 radical (unpaired) electrons. The molecule has 174 valence electrons. The lowest BCUT2D eigenvalue weighted by Gasteiger charge is -2.29. The van der Waals surface area contributed by atoms with Gasteiger partial charge in [0.15, 0.2) is 0 Å². The smallest absolute Gasteiger partial charge is 0.344 e. The van der Waals surface area contributed by atoms with Crippen molar-refractivity contribution in [3.63, 3.8) is 0 Å². The third-order valence-corrected chi connectivity index (χ3v) is 6.47. The third-order valence-electron chi connectivity index (χ3n) is 6.10. The molecule has 0 N–H and O–H groups in total. The summed E-state index contributed by atoms with van der Waals surface area (Å²) in [6.45, 7) is 1.85. The monoisotopic (exact) mass is 477 g/mol. The van der Waals surface area contributed by atoms with E-state index < -0.39 is 5.63 Å². The van der Waals surface area contributed by atoms with Crippen LogP contribution in [0.1, 0.15) is 11.1 Å². The van der Waals surface area contributed by atoms with Gasteiger partial charge in [0.1, 0.15) is 29.6 Å². The summed E-state index contributed by atoms with van der Waals surface area (Å²) in [4.78, 5) is 15.2. The van der Waals surface area contributed by atoms with Gasteiger partial charge in [0, 0.05) is 35.1 Å². The summed E-state index contributed by atoms with van der Waals surface area (Å²) in [7, 11) is 3.15. The van der Waals surface area contributed by atoms with Crippen LogP contribution >= 0.6 is 11.6 Å². The number of hydrogen-bond acceptors (Lipinski definition) is 6. The van der Waals surface area contributed by atoms with Crippen molar-refractivity contribution in [1.82, 2.24) is 4.90 Å². The zero-order chi connectivity index (χ0) is 23.7. The standard InChI is InChI=1S/C27H24ClNO5/c1-31-19-8-9-20(25(14-19)32-2)21-13-18-7-10-24-22(26(18)34-27(21)30)15-29(16-33-24)12-11-17-5-3-4-6-23(17)28/h3-10,13-14H,11-12,15-16H2,1-2H3.